The van der Waals surface area contributed by atoms with E-state index in [4.69, 9.17) is 0 Å². The zero-order valence-electron chi connectivity index (χ0n) is 22.9. The Kier molecular flexibility index (Phi) is 8.71. The van der Waals surface area contributed by atoms with Crippen molar-refractivity contribution < 1.29 is 19.1 Å². The summed E-state index contributed by atoms with van der Waals surface area (Å²) in [4.78, 5) is 29.3. The normalized spacial score (nSPS) is 11.8. The van der Waals surface area contributed by atoms with E-state index in [1.54, 1.807) is 29.1 Å². The molecule has 0 aliphatic carbocycles. The highest BCUT2D eigenvalue weighted by molar-refractivity contribution is 5.93. The van der Waals surface area contributed by atoms with Crippen LogP contribution in [0.15, 0.2) is 72.9 Å². The number of tetrazole rings is 1. The molecule has 11 nitrogen and oxygen atoms in total. The number of amides is 1. The van der Waals surface area contributed by atoms with E-state index >= 15 is 0 Å². The SMILES string of the molecule is CCCc1cc(C(=O)NC(CC(=O)O)Cc2ccc(F)cc2)nn1Cc1ccc(-c2ccccc2-c2nnn[nH]2)nc1. The number of nitrogens with zero attached hydrogens (tertiary/aromatic N) is 6. The maximum absolute atomic E-state index is 13.3. The molecule has 3 aromatic heterocycles. The Morgan fingerprint density at radius 1 is 1.05 bits per heavy atom. The minimum atomic E-state index is -1.05. The summed E-state index contributed by atoms with van der Waals surface area (Å²) in [7, 11) is 0. The first kappa shape index (κ1) is 28.3. The number of carboxylic acids is 1. The van der Waals surface area contributed by atoms with Crippen molar-refractivity contribution in [3.8, 4) is 22.6 Å². The van der Waals surface area contributed by atoms with Crippen molar-refractivity contribution >= 4 is 11.9 Å². The molecule has 0 saturated heterocycles. The number of rotatable bonds is 12. The fourth-order valence-corrected chi connectivity index (χ4v) is 4.75. The molecule has 0 radical (unpaired) electrons. The highest BCUT2D eigenvalue weighted by atomic mass is 19.1. The average Bonchev–Trinajstić information content (AvgIpc) is 3.66. The van der Waals surface area contributed by atoms with Gasteiger partial charge in [-0.3, -0.25) is 19.3 Å². The van der Waals surface area contributed by atoms with Gasteiger partial charge in [-0.2, -0.15) is 5.10 Å². The predicted molar refractivity (Wildman–Crippen MR) is 152 cm³/mol. The van der Waals surface area contributed by atoms with Gasteiger partial charge < -0.3 is 10.4 Å². The van der Waals surface area contributed by atoms with Crippen LogP contribution in [0.3, 0.4) is 0 Å². The van der Waals surface area contributed by atoms with E-state index in [-0.39, 0.29) is 24.4 Å². The number of aromatic nitrogens is 7. The average molecular weight is 569 g/mol. The topological polar surface area (TPSA) is 152 Å². The molecule has 2 aromatic carbocycles. The van der Waals surface area contributed by atoms with E-state index in [0.29, 0.717) is 18.8 Å². The summed E-state index contributed by atoms with van der Waals surface area (Å²) in [6, 6.07) is 18.4. The first-order chi connectivity index (χ1) is 20.4. The minimum absolute atomic E-state index is 0.201. The summed E-state index contributed by atoms with van der Waals surface area (Å²) < 4.78 is 15.1. The van der Waals surface area contributed by atoms with E-state index < -0.39 is 17.9 Å². The van der Waals surface area contributed by atoms with Crippen LogP contribution in [0.4, 0.5) is 4.39 Å². The Hall–Kier alpha value is -5.26. The van der Waals surface area contributed by atoms with Crippen LogP contribution in [-0.4, -0.2) is 58.4 Å². The molecule has 0 bridgehead atoms. The maximum atomic E-state index is 13.3. The number of benzene rings is 2. The number of carbonyl (C=O) groups excluding carboxylic acids is 1. The number of hydrogen-bond acceptors (Lipinski definition) is 7. The maximum Gasteiger partial charge on any atom is 0.305 e. The summed E-state index contributed by atoms with van der Waals surface area (Å²) in [5.41, 5.74) is 5.16. The highest BCUT2D eigenvalue weighted by Crippen LogP contribution is 2.28. The number of hydrogen-bond donors (Lipinski definition) is 3. The quantitative estimate of drug-likeness (QED) is 0.204. The summed E-state index contributed by atoms with van der Waals surface area (Å²) >= 11 is 0. The van der Waals surface area contributed by atoms with Gasteiger partial charge in [-0.15, -0.1) is 5.10 Å². The number of aliphatic carboxylic acids is 1. The van der Waals surface area contributed by atoms with Crippen molar-refractivity contribution in [1.82, 2.24) is 40.7 Å². The Morgan fingerprint density at radius 2 is 1.81 bits per heavy atom. The zero-order valence-corrected chi connectivity index (χ0v) is 22.9. The van der Waals surface area contributed by atoms with Gasteiger partial charge in [0, 0.05) is 29.1 Å². The number of carbonyl (C=O) groups is 2. The van der Waals surface area contributed by atoms with Gasteiger partial charge in [-0.1, -0.05) is 55.8 Å². The summed E-state index contributed by atoms with van der Waals surface area (Å²) in [5, 5.41) is 30.9. The second kappa shape index (κ2) is 12.9. The van der Waals surface area contributed by atoms with E-state index in [0.717, 1.165) is 40.1 Å². The van der Waals surface area contributed by atoms with Gasteiger partial charge in [0.1, 0.15) is 11.5 Å². The number of pyridine rings is 1. The standard InChI is InChI=1S/C30H29FN8O3/c1-2-5-23-16-27(30(42)33-22(15-28(40)41)14-19-8-11-21(31)12-9-19)36-39(23)18-20-10-13-26(32-17-20)24-6-3-4-7-25(24)29-34-37-38-35-29/h3-4,6-13,16-17,22H,2,5,14-15,18H2,1H3,(H,33,42)(H,40,41)(H,34,35,37,38). The smallest absolute Gasteiger partial charge is 0.305 e. The lowest BCUT2D eigenvalue weighted by atomic mass is 10.0. The van der Waals surface area contributed by atoms with Crippen LogP contribution in [0.25, 0.3) is 22.6 Å². The Morgan fingerprint density at radius 3 is 2.48 bits per heavy atom. The number of H-pyrrole nitrogens is 1. The highest BCUT2D eigenvalue weighted by Gasteiger charge is 2.21. The fraction of sp³-hybridized carbons (Fsp3) is 0.233. The van der Waals surface area contributed by atoms with E-state index in [9.17, 15) is 19.1 Å². The Bertz CT molecular complexity index is 1650. The number of nitrogens with one attached hydrogen (secondary N) is 2. The van der Waals surface area contributed by atoms with Gasteiger partial charge in [0.05, 0.1) is 18.7 Å². The van der Waals surface area contributed by atoms with Gasteiger partial charge in [0.25, 0.3) is 5.91 Å². The summed E-state index contributed by atoms with van der Waals surface area (Å²) in [6.45, 7) is 2.44. The van der Waals surface area contributed by atoms with Gasteiger partial charge in [0.2, 0.25) is 0 Å². The molecule has 214 valence electrons. The van der Waals surface area contributed by atoms with Crippen molar-refractivity contribution in [2.45, 2.75) is 45.2 Å². The molecule has 0 saturated carbocycles. The Balaban J connectivity index is 1.32. The van der Waals surface area contributed by atoms with Gasteiger partial charge in [0.15, 0.2) is 5.82 Å². The fourth-order valence-electron chi connectivity index (χ4n) is 4.75. The van der Waals surface area contributed by atoms with Gasteiger partial charge in [-0.05, 0) is 58.7 Å². The van der Waals surface area contributed by atoms with Crippen LogP contribution in [0.2, 0.25) is 0 Å². The first-order valence-corrected chi connectivity index (χ1v) is 13.5. The molecular weight excluding hydrogens is 539 g/mol. The third kappa shape index (κ3) is 6.89. The van der Waals surface area contributed by atoms with Crippen molar-refractivity contribution in [2.24, 2.45) is 0 Å². The van der Waals surface area contributed by atoms with E-state index in [1.807, 2.05) is 43.3 Å². The molecular formula is C30H29FN8O3. The molecule has 1 unspecified atom stereocenters. The van der Waals surface area contributed by atoms with E-state index in [1.165, 1.54) is 12.1 Å². The van der Waals surface area contributed by atoms with Crippen molar-refractivity contribution in [2.75, 3.05) is 0 Å². The zero-order chi connectivity index (χ0) is 29.5. The van der Waals surface area contributed by atoms with Crippen molar-refractivity contribution in [3.63, 3.8) is 0 Å². The third-order valence-corrected chi connectivity index (χ3v) is 6.71. The monoisotopic (exact) mass is 568 g/mol. The summed E-state index contributed by atoms with van der Waals surface area (Å²) in [6.07, 6.45) is 3.30. The lowest BCUT2D eigenvalue weighted by molar-refractivity contribution is -0.137. The molecule has 0 spiro atoms. The predicted octanol–water partition coefficient (Wildman–Crippen LogP) is 4.08. The van der Waals surface area contributed by atoms with Crippen LogP contribution in [0.1, 0.15) is 47.1 Å². The van der Waals surface area contributed by atoms with Crippen LogP contribution in [0, 0.1) is 5.82 Å². The van der Waals surface area contributed by atoms with Crippen molar-refractivity contribution in [1.29, 1.82) is 0 Å². The second-order valence-electron chi connectivity index (χ2n) is 9.87. The molecule has 5 aromatic rings. The number of carboxylic acid groups (broad SMARTS) is 1. The molecule has 12 heteroatoms. The van der Waals surface area contributed by atoms with Crippen LogP contribution >= 0.6 is 0 Å². The molecule has 3 heterocycles. The number of halogens is 1. The third-order valence-electron chi connectivity index (χ3n) is 6.71. The molecule has 3 N–H and O–H groups in total. The number of aromatic amines is 1. The number of aryl methyl sites for hydroxylation is 1. The molecule has 0 fully saturated rings. The molecule has 1 amide bonds. The molecule has 0 aliphatic rings. The van der Waals surface area contributed by atoms with Crippen LogP contribution in [0.5, 0.6) is 0 Å². The largest absolute Gasteiger partial charge is 0.481 e. The molecule has 0 aliphatic heterocycles. The van der Waals surface area contributed by atoms with Crippen LogP contribution < -0.4 is 5.32 Å². The summed E-state index contributed by atoms with van der Waals surface area (Å²) in [5.74, 6) is -1.35. The lowest BCUT2D eigenvalue weighted by Crippen LogP contribution is -2.38. The van der Waals surface area contributed by atoms with Gasteiger partial charge in [-0.25, -0.2) is 9.49 Å². The lowest BCUT2D eigenvalue weighted by Gasteiger charge is -2.16. The molecule has 5 rings (SSSR count). The molecule has 42 heavy (non-hydrogen) atoms. The Labute approximate surface area is 240 Å². The van der Waals surface area contributed by atoms with Crippen LogP contribution in [-0.2, 0) is 24.2 Å². The first-order valence-electron chi connectivity index (χ1n) is 13.5. The minimum Gasteiger partial charge on any atom is -0.481 e. The second-order valence-corrected chi connectivity index (χ2v) is 9.87. The van der Waals surface area contributed by atoms with Crippen molar-refractivity contribution in [3.05, 3.63) is 101 Å². The molecule has 1 atom stereocenters. The van der Waals surface area contributed by atoms with Gasteiger partial charge >= 0.3 is 5.97 Å². The van der Waals surface area contributed by atoms with E-state index in [2.05, 4.69) is 36.0 Å².